The van der Waals surface area contributed by atoms with Gasteiger partial charge in [-0.05, 0) is 80.6 Å². The molecule has 7 nitrogen and oxygen atoms in total. The lowest BCUT2D eigenvalue weighted by molar-refractivity contribution is -0.139. The van der Waals surface area contributed by atoms with Gasteiger partial charge in [-0.3, -0.25) is 13.9 Å². The van der Waals surface area contributed by atoms with Gasteiger partial charge in [0.25, 0.3) is 10.0 Å². The zero-order valence-electron chi connectivity index (χ0n) is 23.1. The van der Waals surface area contributed by atoms with E-state index in [1.165, 1.54) is 29.2 Å². The molecule has 3 aromatic rings. The van der Waals surface area contributed by atoms with E-state index in [9.17, 15) is 22.4 Å². The van der Waals surface area contributed by atoms with E-state index in [-0.39, 0.29) is 23.4 Å². The summed E-state index contributed by atoms with van der Waals surface area (Å²) in [6.45, 7) is 4.79. The van der Waals surface area contributed by atoms with Crippen molar-refractivity contribution in [2.45, 2.75) is 70.0 Å². The number of nitrogens with one attached hydrogen (secondary N) is 1. The predicted octanol–water partition coefficient (Wildman–Crippen LogP) is 5.11. The zero-order valence-corrected chi connectivity index (χ0v) is 24.0. The Morgan fingerprint density at radius 1 is 0.975 bits per heavy atom. The van der Waals surface area contributed by atoms with Crippen molar-refractivity contribution in [2.75, 3.05) is 10.8 Å². The maximum atomic E-state index is 14.0. The quantitative estimate of drug-likeness (QED) is 0.370. The van der Waals surface area contributed by atoms with Crippen LogP contribution in [-0.4, -0.2) is 43.8 Å². The van der Waals surface area contributed by atoms with Crippen LogP contribution < -0.4 is 9.62 Å². The van der Waals surface area contributed by atoms with Gasteiger partial charge in [-0.15, -0.1) is 0 Å². The molecule has 9 heteroatoms. The number of rotatable bonds is 10. The van der Waals surface area contributed by atoms with E-state index in [2.05, 4.69) is 5.32 Å². The van der Waals surface area contributed by atoms with E-state index < -0.39 is 34.3 Å². The fraction of sp³-hybridized carbons (Fsp3) is 0.355. The molecule has 1 aliphatic carbocycles. The van der Waals surface area contributed by atoms with Crippen LogP contribution in [0.1, 0.15) is 49.3 Å². The van der Waals surface area contributed by atoms with Crippen molar-refractivity contribution in [3.05, 3.63) is 95.3 Å². The lowest BCUT2D eigenvalue weighted by Crippen LogP contribution is -2.52. The number of benzene rings is 3. The van der Waals surface area contributed by atoms with Crippen molar-refractivity contribution in [2.24, 2.45) is 0 Å². The lowest BCUT2D eigenvalue weighted by atomic mass is 10.1. The van der Waals surface area contributed by atoms with Gasteiger partial charge < -0.3 is 10.2 Å². The minimum absolute atomic E-state index is 0.0182. The molecule has 0 radical (unpaired) electrons. The second-order valence-electron chi connectivity index (χ2n) is 10.4. The summed E-state index contributed by atoms with van der Waals surface area (Å²) in [6, 6.07) is 18.3. The zero-order chi connectivity index (χ0) is 28.9. The van der Waals surface area contributed by atoms with Crippen molar-refractivity contribution in [3.63, 3.8) is 0 Å². The van der Waals surface area contributed by atoms with Crippen molar-refractivity contribution >= 4 is 27.5 Å². The second-order valence-corrected chi connectivity index (χ2v) is 12.3. The third kappa shape index (κ3) is 6.88. The molecular weight excluding hydrogens is 529 g/mol. The third-order valence-electron chi connectivity index (χ3n) is 7.38. The highest BCUT2D eigenvalue weighted by Crippen LogP contribution is 2.28. The van der Waals surface area contributed by atoms with Gasteiger partial charge in [0.15, 0.2) is 0 Å². The second kappa shape index (κ2) is 12.6. The van der Waals surface area contributed by atoms with Crippen LogP contribution in [0.5, 0.6) is 0 Å². The molecule has 0 aromatic heterocycles. The summed E-state index contributed by atoms with van der Waals surface area (Å²) in [7, 11) is -4.13. The highest BCUT2D eigenvalue weighted by atomic mass is 32.2. The first-order valence-corrected chi connectivity index (χ1v) is 15.0. The number of hydrogen-bond acceptors (Lipinski definition) is 4. The average Bonchev–Trinajstić information content (AvgIpc) is 3.45. The first kappa shape index (κ1) is 29.3. The Morgan fingerprint density at radius 2 is 1.62 bits per heavy atom. The largest absolute Gasteiger partial charge is 0.352 e. The lowest BCUT2D eigenvalue weighted by Gasteiger charge is -2.33. The predicted molar refractivity (Wildman–Crippen MR) is 154 cm³/mol. The molecule has 1 atom stereocenters. The number of carbonyl (C=O) groups excluding carboxylic acids is 2. The topological polar surface area (TPSA) is 86.8 Å². The maximum Gasteiger partial charge on any atom is 0.264 e. The number of carbonyl (C=O) groups is 2. The summed E-state index contributed by atoms with van der Waals surface area (Å²) in [4.78, 5) is 28.7. The van der Waals surface area contributed by atoms with E-state index in [1.807, 2.05) is 19.1 Å². The molecule has 0 unspecified atom stereocenters. The van der Waals surface area contributed by atoms with Crippen molar-refractivity contribution in [3.8, 4) is 0 Å². The molecule has 1 fully saturated rings. The fourth-order valence-electron chi connectivity index (χ4n) is 4.98. The summed E-state index contributed by atoms with van der Waals surface area (Å²) in [6.07, 6.45) is 3.86. The number of hydrogen-bond donors (Lipinski definition) is 1. The molecular formula is C31H36FN3O4S. The average molecular weight is 566 g/mol. The van der Waals surface area contributed by atoms with Crippen LogP contribution in [0.2, 0.25) is 0 Å². The fourth-order valence-corrected chi connectivity index (χ4v) is 6.47. The molecule has 2 amide bonds. The van der Waals surface area contributed by atoms with E-state index in [0.717, 1.165) is 35.6 Å². The SMILES string of the molecule is Cc1ccc(C)c(N(CC(=O)N(Cc2ccc(F)cc2)[C@@H](C)C(=O)NC2CCCC2)S(=O)(=O)c2ccccc2)c1. The van der Waals surface area contributed by atoms with Crippen LogP contribution in [0.3, 0.4) is 0 Å². The molecule has 0 spiro atoms. The molecule has 1 aliphatic rings. The minimum atomic E-state index is -4.13. The summed E-state index contributed by atoms with van der Waals surface area (Å²) < 4.78 is 42.6. The number of aryl methyl sites for hydroxylation is 2. The Kier molecular flexibility index (Phi) is 9.25. The molecule has 1 saturated carbocycles. The monoisotopic (exact) mass is 565 g/mol. The number of anilines is 1. The van der Waals surface area contributed by atoms with Crippen LogP contribution >= 0.6 is 0 Å². The molecule has 40 heavy (non-hydrogen) atoms. The molecule has 212 valence electrons. The van der Waals surface area contributed by atoms with Crippen molar-refractivity contribution in [1.29, 1.82) is 0 Å². The molecule has 0 saturated heterocycles. The standard InChI is InChI=1S/C31H36FN3O4S/c1-22-13-14-23(2)29(19-22)35(40(38,39)28-11-5-4-6-12-28)21-30(36)34(20-25-15-17-26(32)18-16-25)24(3)31(37)33-27-9-7-8-10-27/h4-6,11-19,24,27H,7-10,20-21H2,1-3H3,(H,33,37)/t24-/m0/s1. The summed E-state index contributed by atoms with van der Waals surface area (Å²) >= 11 is 0. The smallest absolute Gasteiger partial charge is 0.264 e. The van der Waals surface area contributed by atoms with Crippen LogP contribution in [0, 0.1) is 19.7 Å². The van der Waals surface area contributed by atoms with Gasteiger partial charge in [-0.25, -0.2) is 12.8 Å². The van der Waals surface area contributed by atoms with Gasteiger partial charge in [-0.1, -0.05) is 55.3 Å². The highest BCUT2D eigenvalue weighted by molar-refractivity contribution is 7.92. The molecule has 0 heterocycles. The van der Waals surface area contributed by atoms with Gasteiger partial charge >= 0.3 is 0 Å². The van der Waals surface area contributed by atoms with Crippen LogP contribution in [0.25, 0.3) is 0 Å². The van der Waals surface area contributed by atoms with Gasteiger partial charge in [0, 0.05) is 12.6 Å². The number of nitrogens with zero attached hydrogens (tertiary/aromatic N) is 2. The molecule has 4 rings (SSSR count). The normalized spacial score (nSPS) is 14.5. The van der Waals surface area contributed by atoms with Gasteiger partial charge in [-0.2, -0.15) is 0 Å². The number of amides is 2. The molecule has 0 aliphatic heterocycles. The Labute approximate surface area is 236 Å². The first-order chi connectivity index (χ1) is 19.1. The van der Waals surface area contributed by atoms with Crippen molar-refractivity contribution in [1.82, 2.24) is 10.2 Å². The van der Waals surface area contributed by atoms with E-state index in [0.29, 0.717) is 16.8 Å². The Balaban J connectivity index is 1.70. The molecule has 3 aromatic carbocycles. The van der Waals surface area contributed by atoms with E-state index in [4.69, 9.17) is 0 Å². The summed E-state index contributed by atoms with van der Waals surface area (Å²) in [5, 5.41) is 3.04. The van der Waals surface area contributed by atoms with Crippen LogP contribution in [0.4, 0.5) is 10.1 Å². The Hall–Kier alpha value is -3.72. The minimum Gasteiger partial charge on any atom is -0.352 e. The number of halogens is 1. The highest BCUT2D eigenvalue weighted by Gasteiger charge is 2.33. The Morgan fingerprint density at radius 3 is 2.27 bits per heavy atom. The first-order valence-electron chi connectivity index (χ1n) is 13.6. The van der Waals surface area contributed by atoms with Crippen molar-refractivity contribution < 1.29 is 22.4 Å². The van der Waals surface area contributed by atoms with Crippen LogP contribution in [-0.2, 0) is 26.2 Å². The van der Waals surface area contributed by atoms with Gasteiger partial charge in [0.05, 0.1) is 10.6 Å². The Bertz CT molecular complexity index is 1440. The third-order valence-corrected chi connectivity index (χ3v) is 9.15. The van der Waals surface area contributed by atoms with Gasteiger partial charge in [0.2, 0.25) is 11.8 Å². The number of sulfonamides is 1. The van der Waals surface area contributed by atoms with E-state index >= 15 is 0 Å². The molecule has 1 N–H and O–H groups in total. The maximum absolute atomic E-state index is 14.0. The summed E-state index contributed by atoms with van der Waals surface area (Å²) in [5.74, 6) is -1.26. The summed E-state index contributed by atoms with van der Waals surface area (Å²) in [5.41, 5.74) is 2.55. The van der Waals surface area contributed by atoms with Gasteiger partial charge in [0.1, 0.15) is 18.4 Å². The van der Waals surface area contributed by atoms with Crippen LogP contribution in [0.15, 0.2) is 77.7 Å². The molecule has 0 bridgehead atoms. The van der Waals surface area contributed by atoms with E-state index in [1.54, 1.807) is 50.2 Å².